The van der Waals surface area contributed by atoms with E-state index < -0.39 is 0 Å². The fourth-order valence-corrected chi connectivity index (χ4v) is 3.46. The number of hydrogen-bond donors (Lipinski definition) is 0. The van der Waals surface area contributed by atoms with Gasteiger partial charge in [-0.25, -0.2) is 9.07 Å². The third-order valence-electron chi connectivity index (χ3n) is 4.79. The second-order valence-electron chi connectivity index (χ2n) is 6.49. The Bertz CT molecular complexity index is 947. The van der Waals surface area contributed by atoms with Crippen LogP contribution in [0, 0.1) is 5.82 Å². The van der Waals surface area contributed by atoms with Crippen LogP contribution in [-0.2, 0) is 6.54 Å². The molecule has 3 aromatic rings. The maximum Gasteiger partial charge on any atom is 0.277 e. The van der Waals surface area contributed by atoms with Crippen LogP contribution in [0.25, 0.3) is 10.9 Å². The average molecular weight is 338 g/mol. The van der Waals surface area contributed by atoms with Crippen molar-refractivity contribution in [3.05, 3.63) is 70.3 Å². The van der Waals surface area contributed by atoms with Crippen LogP contribution in [0.15, 0.2) is 53.3 Å². The Hall–Kier alpha value is -2.60. The number of likely N-dealkylation sites (tertiary alicyclic amines) is 1. The largest absolute Gasteiger partial charge is 0.299 e. The van der Waals surface area contributed by atoms with E-state index in [1.807, 2.05) is 18.2 Å². The van der Waals surface area contributed by atoms with Crippen LogP contribution in [-0.4, -0.2) is 33.0 Å². The minimum atomic E-state index is -0.203. The molecule has 0 unspecified atom stereocenters. The molecule has 0 N–H and O–H groups in total. The summed E-state index contributed by atoms with van der Waals surface area (Å²) in [4.78, 5) is 14.9. The SMILES string of the molecule is O=c1c2ccccc2nnn1C1CCN(Cc2cccc(F)c2)CC1. The van der Waals surface area contributed by atoms with Gasteiger partial charge in [-0.3, -0.25) is 9.69 Å². The van der Waals surface area contributed by atoms with Gasteiger partial charge < -0.3 is 0 Å². The second kappa shape index (κ2) is 6.72. The maximum absolute atomic E-state index is 13.3. The van der Waals surface area contributed by atoms with E-state index in [0.717, 1.165) is 38.0 Å². The van der Waals surface area contributed by atoms with Crippen molar-refractivity contribution in [3.8, 4) is 0 Å². The molecular weight excluding hydrogens is 319 g/mol. The van der Waals surface area contributed by atoms with Crippen LogP contribution in [0.2, 0.25) is 0 Å². The first kappa shape index (κ1) is 15.9. The van der Waals surface area contributed by atoms with Gasteiger partial charge in [-0.05, 0) is 42.7 Å². The number of benzene rings is 2. The fourth-order valence-electron chi connectivity index (χ4n) is 3.46. The van der Waals surface area contributed by atoms with Crippen molar-refractivity contribution in [2.45, 2.75) is 25.4 Å². The Kier molecular flexibility index (Phi) is 4.28. The zero-order valence-electron chi connectivity index (χ0n) is 13.8. The summed E-state index contributed by atoms with van der Waals surface area (Å²) in [6.45, 7) is 2.42. The summed E-state index contributed by atoms with van der Waals surface area (Å²) in [7, 11) is 0. The molecule has 0 amide bonds. The first-order valence-electron chi connectivity index (χ1n) is 8.52. The highest BCUT2D eigenvalue weighted by Gasteiger charge is 2.23. The predicted octanol–water partition coefficient (Wildman–Crippen LogP) is 2.77. The van der Waals surface area contributed by atoms with Crippen LogP contribution >= 0.6 is 0 Å². The Morgan fingerprint density at radius 3 is 2.68 bits per heavy atom. The minimum absolute atomic E-state index is 0.0633. The van der Waals surface area contributed by atoms with Crippen LogP contribution in [0.5, 0.6) is 0 Å². The normalized spacial score (nSPS) is 16.4. The zero-order valence-corrected chi connectivity index (χ0v) is 13.8. The Labute approximate surface area is 144 Å². The third-order valence-corrected chi connectivity index (χ3v) is 4.79. The topological polar surface area (TPSA) is 51.0 Å². The van der Waals surface area contributed by atoms with Gasteiger partial charge in [0, 0.05) is 19.6 Å². The first-order valence-corrected chi connectivity index (χ1v) is 8.52. The average Bonchev–Trinajstić information content (AvgIpc) is 2.63. The fraction of sp³-hybridized carbons (Fsp3) is 0.316. The summed E-state index contributed by atoms with van der Waals surface area (Å²) in [5, 5.41) is 8.92. The summed E-state index contributed by atoms with van der Waals surface area (Å²) in [6, 6.07) is 14.1. The third kappa shape index (κ3) is 3.30. The molecule has 4 rings (SSSR count). The van der Waals surface area contributed by atoms with E-state index in [1.165, 1.54) is 10.7 Å². The molecule has 1 aliphatic rings. The Morgan fingerprint density at radius 2 is 1.88 bits per heavy atom. The van der Waals surface area contributed by atoms with E-state index in [-0.39, 0.29) is 17.4 Å². The molecule has 0 radical (unpaired) electrons. The lowest BCUT2D eigenvalue weighted by Gasteiger charge is -2.32. The van der Waals surface area contributed by atoms with Gasteiger partial charge >= 0.3 is 0 Å². The van der Waals surface area contributed by atoms with E-state index in [2.05, 4.69) is 15.2 Å². The number of piperidine rings is 1. The van der Waals surface area contributed by atoms with E-state index in [1.54, 1.807) is 24.3 Å². The van der Waals surface area contributed by atoms with Crippen LogP contribution in [0.4, 0.5) is 4.39 Å². The Morgan fingerprint density at radius 1 is 1.08 bits per heavy atom. The highest BCUT2D eigenvalue weighted by Crippen LogP contribution is 2.22. The van der Waals surface area contributed by atoms with Crippen molar-refractivity contribution in [1.82, 2.24) is 19.9 Å². The number of hydrogen-bond acceptors (Lipinski definition) is 4. The number of aromatic nitrogens is 3. The second-order valence-corrected chi connectivity index (χ2v) is 6.49. The van der Waals surface area contributed by atoms with Crippen molar-refractivity contribution in [3.63, 3.8) is 0 Å². The monoisotopic (exact) mass is 338 g/mol. The lowest BCUT2D eigenvalue weighted by molar-refractivity contribution is 0.169. The molecule has 6 heteroatoms. The summed E-state index contributed by atoms with van der Waals surface area (Å²) in [5.74, 6) is -0.203. The minimum Gasteiger partial charge on any atom is -0.299 e. The van der Waals surface area contributed by atoms with E-state index in [9.17, 15) is 9.18 Å². The quantitative estimate of drug-likeness (QED) is 0.737. The molecule has 1 saturated heterocycles. The van der Waals surface area contributed by atoms with Gasteiger partial charge in [-0.15, -0.1) is 5.10 Å². The van der Waals surface area contributed by atoms with Crippen molar-refractivity contribution in [1.29, 1.82) is 0 Å². The lowest BCUT2D eigenvalue weighted by atomic mass is 10.0. The molecule has 25 heavy (non-hydrogen) atoms. The molecule has 1 aliphatic heterocycles. The maximum atomic E-state index is 13.3. The van der Waals surface area contributed by atoms with Gasteiger partial charge in [0.25, 0.3) is 5.56 Å². The summed E-state index contributed by atoms with van der Waals surface area (Å²) >= 11 is 0. The summed E-state index contributed by atoms with van der Waals surface area (Å²) in [6.07, 6.45) is 1.67. The number of halogens is 1. The first-order chi connectivity index (χ1) is 12.2. The molecule has 1 aromatic heterocycles. The van der Waals surface area contributed by atoms with Gasteiger partial charge in [-0.2, -0.15) is 0 Å². The van der Waals surface area contributed by atoms with Crippen LogP contribution in [0.1, 0.15) is 24.4 Å². The number of fused-ring (bicyclic) bond motifs is 1. The molecule has 0 saturated carbocycles. The predicted molar refractivity (Wildman–Crippen MR) is 93.7 cm³/mol. The molecule has 0 bridgehead atoms. The Balaban J connectivity index is 1.47. The van der Waals surface area contributed by atoms with E-state index in [0.29, 0.717) is 10.9 Å². The highest BCUT2D eigenvalue weighted by atomic mass is 19.1. The summed E-state index contributed by atoms with van der Waals surface area (Å²) in [5.41, 5.74) is 1.53. The van der Waals surface area contributed by atoms with Crippen molar-refractivity contribution in [2.24, 2.45) is 0 Å². The zero-order chi connectivity index (χ0) is 17.2. The molecule has 0 atom stereocenters. The van der Waals surface area contributed by atoms with Crippen LogP contribution < -0.4 is 5.56 Å². The van der Waals surface area contributed by atoms with Crippen molar-refractivity contribution >= 4 is 10.9 Å². The van der Waals surface area contributed by atoms with Gasteiger partial charge in [0.15, 0.2) is 0 Å². The van der Waals surface area contributed by atoms with Crippen molar-refractivity contribution < 1.29 is 4.39 Å². The molecule has 0 aliphatic carbocycles. The van der Waals surface area contributed by atoms with Gasteiger partial charge in [0.1, 0.15) is 11.3 Å². The standard InChI is InChI=1S/C19H19FN4O/c20-15-5-3-4-14(12-15)13-23-10-8-16(9-11-23)24-19(25)17-6-1-2-7-18(17)21-22-24/h1-7,12,16H,8-11,13H2. The van der Waals surface area contributed by atoms with Crippen LogP contribution in [0.3, 0.4) is 0 Å². The van der Waals surface area contributed by atoms with Gasteiger partial charge in [0.05, 0.1) is 11.4 Å². The molecule has 2 heterocycles. The smallest absolute Gasteiger partial charge is 0.277 e. The molecule has 0 spiro atoms. The molecular formula is C19H19FN4O. The molecule has 2 aromatic carbocycles. The lowest BCUT2D eigenvalue weighted by Crippen LogP contribution is -2.38. The van der Waals surface area contributed by atoms with Crippen molar-refractivity contribution in [2.75, 3.05) is 13.1 Å². The molecule has 5 nitrogen and oxygen atoms in total. The number of rotatable bonds is 3. The molecule has 1 fully saturated rings. The van der Waals surface area contributed by atoms with E-state index in [4.69, 9.17) is 0 Å². The van der Waals surface area contributed by atoms with Gasteiger partial charge in [-0.1, -0.05) is 29.5 Å². The van der Waals surface area contributed by atoms with Gasteiger partial charge in [0.2, 0.25) is 0 Å². The summed E-state index contributed by atoms with van der Waals surface area (Å²) < 4.78 is 14.8. The highest BCUT2D eigenvalue weighted by molar-refractivity contribution is 5.76. The molecule has 128 valence electrons. The number of nitrogens with zero attached hydrogens (tertiary/aromatic N) is 4. The van der Waals surface area contributed by atoms with E-state index >= 15 is 0 Å².